The van der Waals surface area contributed by atoms with Crippen LogP contribution in [0.4, 0.5) is 5.82 Å². The van der Waals surface area contributed by atoms with Crippen molar-refractivity contribution in [3.63, 3.8) is 0 Å². The Morgan fingerprint density at radius 1 is 1.20 bits per heavy atom. The Morgan fingerprint density at radius 3 is 2.96 bits per heavy atom. The lowest BCUT2D eigenvalue weighted by Gasteiger charge is -2.45. The predicted molar refractivity (Wildman–Crippen MR) is 88.6 cm³/mol. The van der Waals surface area contributed by atoms with Crippen molar-refractivity contribution in [3.8, 4) is 0 Å². The van der Waals surface area contributed by atoms with Crippen LogP contribution in [0.15, 0.2) is 23.8 Å². The molecule has 2 aromatic heterocycles. The first-order valence-corrected chi connectivity index (χ1v) is 9.04. The van der Waals surface area contributed by atoms with Crippen LogP contribution in [0.2, 0.25) is 0 Å². The smallest absolute Gasteiger partial charge is 0.252 e. The van der Waals surface area contributed by atoms with Crippen molar-refractivity contribution in [1.82, 2.24) is 30.0 Å². The third-order valence-corrected chi connectivity index (χ3v) is 6.17. The quantitative estimate of drug-likeness (QED) is 0.795. The summed E-state index contributed by atoms with van der Waals surface area (Å²) in [4.78, 5) is 6.57. The van der Waals surface area contributed by atoms with Crippen molar-refractivity contribution >= 4 is 11.8 Å². The average molecular weight is 340 g/mol. The summed E-state index contributed by atoms with van der Waals surface area (Å²) in [5, 5.41) is 23.4. The van der Waals surface area contributed by atoms with Crippen molar-refractivity contribution < 1.29 is 5.11 Å². The zero-order valence-corrected chi connectivity index (χ0v) is 13.8. The van der Waals surface area contributed by atoms with Crippen LogP contribution in [-0.4, -0.2) is 41.8 Å². The van der Waals surface area contributed by atoms with Gasteiger partial charge in [-0.15, -0.1) is 10.2 Å². The minimum absolute atomic E-state index is 0.107. The van der Waals surface area contributed by atoms with E-state index in [4.69, 9.17) is 0 Å². The molecule has 2 aliphatic heterocycles. The van der Waals surface area contributed by atoms with Gasteiger partial charge >= 0.3 is 0 Å². The molecule has 2 aromatic rings. The first kappa shape index (κ1) is 13.8. The molecule has 2 N–H and O–H groups in total. The molecular weight excluding hydrogens is 320 g/mol. The molecule has 0 spiro atoms. The van der Waals surface area contributed by atoms with E-state index in [1.165, 1.54) is 25.7 Å². The van der Waals surface area contributed by atoms with Gasteiger partial charge in [0.25, 0.3) is 5.96 Å². The number of hydrogen-bond donors (Lipinski definition) is 2. The molecule has 0 bridgehead atoms. The van der Waals surface area contributed by atoms with Gasteiger partial charge < -0.3 is 9.67 Å². The zero-order chi connectivity index (χ0) is 16.6. The third-order valence-electron chi connectivity index (χ3n) is 6.17. The van der Waals surface area contributed by atoms with Crippen molar-refractivity contribution in [2.45, 2.75) is 56.3 Å². The monoisotopic (exact) mass is 340 g/mol. The van der Waals surface area contributed by atoms with E-state index in [1.54, 1.807) is 10.9 Å². The van der Waals surface area contributed by atoms with E-state index in [0.29, 0.717) is 23.6 Å². The van der Waals surface area contributed by atoms with E-state index in [1.807, 2.05) is 12.5 Å². The highest BCUT2D eigenvalue weighted by Crippen LogP contribution is 2.47. The highest BCUT2D eigenvalue weighted by atomic mass is 16.3. The van der Waals surface area contributed by atoms with Crippen LogP contribution >= 0.6 is 0 Å². The van der Waals surface area contributed by atoms with Crippen LogP contribution in [0.1, 0.15) is 50.3 Å². The number of anilines is 1. The standard InChI is InChI=1S/C16H20N8O/c25-16(5-6-16)12-7-18-21-24(12)15-20-19-14-10-3-1-2-4-11(10)22-9-17-8-13(22)23(14)15/h7-11,14,19,25H,1-6H2. The second-order valence-electron chi connectivity index (χ2n) is 7.59. The second kappa shape index (κ2) is 4.60. The minimum atomic E-state index is -0.812. The highest BCUT2D eigenvalue weighted by Gasteiger charge is 2.50. The van der Waals surface area contributed by atoms with Crippen LogP contribution in [0.3, 0.4) is 0 Å². The van der Waals surface area contributed by atoms with Gasteiger partial charge in [-0.2, -0.15) is 4.68 Å². The molecule has 130 valence electrons. The van der Waals surface area contributed by atoms with Crippen molar-refractivity contribution in [1.29, 1.82) is 0 Å². The van der Waals surface area contributed by atoms with Crippen molar-refractivity contribution in [2.24, 2.45) is 11.0 Å². The van der Waals surface area contributed by atoms with E-state index in [0.717, 1.165) is 18.7 Å². The van der Waals surface area contributed by atoms with E-state index in [9.17, 15) is 5.11 Å². The molecule has 3 atom stereocenters. The van der Waals surface area contributed by atoms with Gasteiger partial charge in [0.1, 0.15) is 17.6 Å². The van der Waals surface area contributed by atoms with E-state index >= 15 is 0 Å². The van der Waals surface area contributed by atoms with Crippen molar-refractivity contribution in [2.75, 3.05) is 4.90 Å². The van der Waals surface area contributed by atoms with Crippen LogP contribution in [0.25, 0.3) is 0 Å². The molecule has 3 unspecified atom stereocenters. The van der Waals surface area contributed by atoms with Gasteiger partial charge in [0, 0.05) is 12.0 Å². The number of fused-ring (bicyclic) bond motifs is 6. The summed E-state index contributed by atoms with van der Waals surface area (Å²) in [6, 6.07) is 0.470. The van der Waals surface area contributed by atoms with Crippen molar-refractivity contribution in [3.05, 3.63) is 24.4 Å². The summed E-state index contributed by atoms with van der Waals surface area (Å²) >= 11 is 0. The molecule has 4 heterocycles. The maximum Gasteiger partial charge on any atom is 0.252 e. The maximum atomic E-state index is 10.6. The summed E-state index contributed by atoms with van der Waals surface area (Å²) in [7, 11) is 0. The predicted octanol–water partition coefficient (Wildman–Crippen LogP) is 0.756. The molecule has 2 saturated carbocycles. The first-order valence-electron chi connectivity index (χ1n) is 9.04. The molecule has 6 rings (SSSR count). The van der Waals surface area contributed by atoms with Gasteiger partial charge in [0.2, 0.25) is 0 Å². The van der Waals surface area contributed by atoms with Gasteiger partial charge in [-0.25, -0.2) is 4.98 Å². The highest BCUT2D eigenvalue weighted by molar-refractivity contribution is 5.99. The fraction of sp³-hybridized carbons (Fsp3) is 0.625. The molecule has 25 heavy (non-hydrogen) atoms. The molecule has 2 aliphatic carbocycles. The lowest BCUT2D eigenvalue weighted by molar-refractivity contribution is 0.144. The molecule has 0 saturated heterocycles. The Hall–Kier alpha value is -2.42. The summed E-state index contributed by atoms with van der Waals surface area (Å²) in [6.45, 7) is 0. The Bertz CT molecular complexity index is 865. The van der Waals surface area contributed by atoms with Gasteiger partial charge in [0.15, 0.2) is 0 Å². The minimum Gasteiger partial charge on any atom is -0.383 e. The fourth-order valence-corrected chi connectivity index (χ4v) is 4.71. The Morgan fingerprint density at radius 2 is 2.08 bits per heavy atom. The van der Waals surface area contributed by atoms with Crippen LogP contribution in [0.5, 0.6) is 0 Å². The lowest BCUT2D eigenvalue weighted by Crippen LogP contribution is -2.55. The SMILES string of the molecule is OC1(c2cnnn2C2=NNC3C4CCCCC4n4cncc4N23)CC1. The van der Waals surface area contributed by atoms with Gasteiger partial charge in [-0.1, -0.05) is 18.1 Å². The van der Waals surface area contributed by atoms with Gasteiger partial charge in [-0.05, 0) is 25.7 Å². The number of rotatable bonds is 1. The molecular formula is C16H20N8O. The Labute approximate surface area is 144 Å². The van der Waals surface area contributed by atoms with E-state index in [2.05, 4.69) is 35.3 Å². The van der Waals surface area contributed by atoms with E-state index < -0.39 is 5.60 Å². The number of hydrazone groups is 1. The normalized spacial score (nSPS) is 31.6. The fourth-order valence-electron chi connectivity index (χ4n) is 4.71. The molecule has 0 aromatic carbocycles. The van der Waals surface area contributed by atoms with Crippen LogP contribution in [-0.2, 0) is 5.60 Å². The van der Waals surface area contributed by atoms with E-state index in [-0.39, 0.29) is 6.17 Å². The largest absolute Gasteiger partial charge is 0.383 e. The first-order chi connectivity index (χ1) is 12.3. The molecule has 9 nitrogen and oxygen atoms in total. The molecule has 2 fully saturated rings. The number of imidazole rings is 1. The molecule has 0 amide bonds. The second-order valence-corrected chi connectivity index (χ2v) is 7.59. The number of nitrogens with one attached hydrogen (secondary N) is 1. The Balaban J connectivity index is 1.46. The summed E-state index contributed by atoms with van der Waals surface area (Å²) in [5.41, 5.74) is 3.23. The summed E-state index contributed by atoms with van der Waals surface area (Å²) in [5.74, 6) is 2.18. The topological polar surface area (TPSA) is 96.4 Å². The molecule has 4 aliphatic rings. The van der Waals surface area contributed by atoms with Gasteiger partial charge in [-0.3, -0.25) is 10.3 Å². The summed E-state index contributed by atoms with van der Waals surface area (Å²) in [6.07, 6.45) is 11.9. The maximum absolute atomic E-state index is 10.6. The average Bonchev–Trinajstić information content (AvgIpc) is 3.12. The number of nitrogens with zero attached hydrogens (tertiary/aromatic N) is 7. The van der Waals surface area contributed by atoms with Crippen LogP contribution < -0.4 is 10.3 Å². The number of aliphatic hydroxyl groups is 1. The number of hydrogen-bond acceptors (Lipinski definition) is 7. The molecule has 0 radical (unpaired) electrons. The lowest BCUT2D eigenvalue weighted by atomic mass is 9.80. The molecule has 9 heteroatoms. The van der Waals surface area contributed by atoms with Gasteiger partial charge in [0.05, 0.1) is 24.4 Å². The zero-order valence-electron chi connectivity index (χ0n) is 13.8. The van der Waals surface area contributed by atoms with Crippen LogP contribution in [0, 0.1) is 5.92 Å². The third kappa shape index (κ3) is 1.76. The summed E-state index contributed by atoms with van der Waals surface area (Å²) < 4.78 is 3.96. The Kier molecular flexibility index (Phi) is 2.54. The number of aromatic nitrogens is 5.